The highest BCUT2D eigenvalue weighted by atomic mass is 16.3. The summed E-state index contributed by atoms with van der Waals surface area (Å²) in [4.78, 5) is 12.9. The molecule has 2 rings (SSSR count). The predicted molar refractivity (Wildman–Crippen MR) is 60.7 cm³/mol. The van der Waals surface area contributed by atoms with Crippen LogP contribution in [-0.4, -0.2) is 35.6 Å². The number of benzene rings is 1. The fourth-order valence-electron chi connectivity index (χ4n) is 2.31. The average molecular weight is 220 g/mol. The third-order valence-electron chi connectivity index (χ3n) is 3.06. The topological polar surface area (TPSA) is 66.6 Å². The number of aliphatic hydroxyl groups is 1. The molecule has 1 aliphatic rings. The van der Waals surface area contributed by atoms with Crippen molar-refractivity contribution in [3.05, 3.63) is 35.4 Å². The van der Waals surface area contributed by atoms with Crippen LogP contribution in [0.1, 0.15) is 17.2 Å². The van der Waals surface area contributed by atoms with Crippen molar-refractivity contribution >= 4 is 5.91 Å². The van der Waals surface area contributed by atoms with Gasteiger partial charge in [-0.25, -0.2) is 0 Å². The summed E-state index contributed by atoms with van der Waals surface area (Å²) < 4.78 is 0. The van der Waals surface area contributed by atoms with Gasteiger partial charge in [0.05, 0.1) is 19.2 Å². The zero-order valence-electron chi connectivity index (χ0n) is 9.10. The second kappa shape index (κ2) is 4.63. The van der Waals surface area contributed by atoms with E-state index in [2.05, 4.69) is 6.07 Å². The zero-order chi connectivity index (χ0) is 11.5. The van der Waals surface area contributed by atoms with E-state index in [4.69, 9.17) is 5.73 Å². The van der Waals surface area contributed by atoms with Gasteiger partial charge >= 0.3 is 0 Å². The normalized spacial score (nSPS) is 20.4. The summed E-state index contributed by atoms with van der Waals surface area (Å²) in [5, 5.41) is 9.43. The summed E-state index contributed by atoms with van der Waals surface area (Å²) in [5.41, 5.74) is 7.56. The van der Waals surface area contributed by atoms with Crippen LogP contribution in [0.15, 0.2) is 24.3 Å². The molecule has 86 valence electrons. The van der Waals surface area contributed by atoms with Crippen molar-refractivity contribution < 1.29 is 9.90 Å². The largest absolute Gasteiger partial charge is 0.394 e. The number of rotatable bonds is 3. The Morgan fingerprint density at radius 3 is 2.94 bits per heavy atom. The van der Waals surface area contributed by atoms with Gasteiger partial charge in [0, 0.05) is 6.54 Å². The van der Waals surface area contributed by atoms with Crippen molar-refractivity contribution in [3.63, 3.8) is 0 Å². The van der Waals surface area contributed by atoms with Crippen LogP contribution in [0.5, 0.6) is 0 Å². The van der Waals surface area contributed by atoms with Crippen molar-refractivity contribution in [1.29, 1.82) is 0 Å². The summed E-state index contributed by atoms with van der Waals surface area (Å²) in [5.74, 6) is -0.349. The molecule has 1 aliphatic heterocycles. The smallest absolute Gasteiger partial charge is 0.231 e. The minimum atomic E-state index is -0.349. The summed E-state index contributed by atoms with van der Waals surface area (Å²) in [6.45, 7) is 0.995. The Bertz CT molecular complexity index is 392. The van der Waals surface area contributed by atoms with Gasteiger partial charge in [-0.3, -0.25) is 9.69 Å². The Balaban J connectivity index is 2.26. The molecule has 0 aliphatic carbocycles. The number of carbonyl (C=O) groups excluding carboxylic acids is 1. The Morgan fingerprint density at radius 1 is 1.50 bits per heavy atom. The molecule has 1 amide bonds. The Hall–Kier alpha value is -1.39. The highest BCUT2D eigenvalue weighted by Gasteiger charge is 2.27. The third-order valence-corrected chi connectivity index (χ3v) is 3.06. The highest BCUT2D eigenvalue weighted by Crippen LogP contribution is 2.28. The molecular weight excluding hydrogens is 204 g/mol. The van der Waals surface area contributed by atoms with Crippen LogP contribution in [0.3, 0.4) is 0 Å². The van der Waals surface area contributed by atoms with Crippen LogP contribution in [0.4, 0.5) is 0 Å². The molecule has 0 fully saturated rings. The lowest BCUT2D eigenvalue weighted by atomic mass is 9.93. The molecule has 0 saturated heterocycles. The Morgan fingerprint density at radius 2 is 2.25 bits per heavy atom. The summed E-state index contributed by atoms with van der Waals surface area (Å²) in [6, 6.07) is 7.92. The molecule has 16 heavy (non-hydrogen) atoms. The predicted octanol–water partition coefficient (Wildman–Crippen LogP) is 0.0634. The number of aliphatic hydroxyl groups excluding tert-OH is 1. The number of nitrogens with two attached hydrogens (primary N) is 1. The van der Waals surface area contributed by atoms with Gasteiger partial charge in [-0.2, -0.15) is 0 Å². The molecule has 0 saturated carbocycles. The molecule has 0 spiro atoms. The fourth-order valence-corrected chi connectivity index (χ4v) is 2.31. The second-order valence-electron chi connectivity index (χ2n) is 4.08. The number of hydrogen-bond donors (Lipinski definition) is 2. The van der Waals surface area contributed by atoms with Crippen LogP contribution in [0, 0.1) is 0 Å². The molecule has 0 bridgehead atoms. The van der Waals surface area contributed by atoms with E-state index in [1.54, 1.807) is 0 Å². The number of carbonyl (C=O) groups is 1. The molecule has 3 N–H and O–H groups in total. The van der Waals surface area contributed by atoms with Gasteiger partial charge in [-0.05, 0) is 17.5 Å². The number of fused-ring (bicyclic) bond motifs is 1. The first-order valence-corrected chi connectivity index (χ1v) is 5.43. The molecule has 1 unspecified atom stereocenters. The third kappa shape index (κ3) is 2.08. The Kier molecular flexibility index (Phi) is 3.22. The van der Waals surface area contributed by atoms with Crippen molar-refractivity contribution in [1.82, 2.24) is 4.90 Å². The van der Waals surface area contributed by atoms with E-state index in [-0.39, 0.29) is 25.1 Å². The van der Waals surface area contributed by atoms with Gasteiger partial charge in [0.2, 0.25) is 5.91 Å². The van der Waals surface area contributed by atoms with E-state index in [1.165, 1.54) is 5.56 Å². The maximum Gasteiger partial charge on any atom is 0.231 e. The van der Waals surface area contributed by atoms with Gasteiger partial charge < -0.3 is 10.8 Å². The lowest BCUT2D eigenvalue weighted by molar-refractivity contribution is -0.120. The van der Waals surface area contributed by atoms with Crippen LogP contribution in [0.25, 0.3) is 0 Å². The quantitative estimate of drug-likeness (QED) is 0.757. The number of nitrogens with zero attached hydrogens (tertiary/aromatic N) is 1. The maximum atomic E-state index is 10.9. The molecule has 0 radical (unpaired) electrons. The first-order valence-electron chi connectivity index (χ1n) is 5.43. The molecule has 1 heterocycles. The van der Waals surface area contributed by atoms with Gasteiger partial charge in [0.25, 0.3) is 0 Å². The van der Waals surface area contributed by atoms with Gasteiger partial charge in [0.15, 0.2) is 0 Å². The van der Waals surface area contributed by atoms with E-state index in [0.29, 0.717) is 0 Å². The first-order chi connectivity index (χ1) is 7.72. The molecule has 1 atom stereocenters. The summed E-state index contributed by atoms with van der Waals surface area (Å²) >= 11 is 0. The maximum absolute atomic E-state index is 10.9. The van der Waals surface area contributed by atoms with Crippen LogP contribution < -0.4 is 5.73 Å². The van der Waals surface area contributed by atoms with Crippen molar-refractivity contribution in [3.8, 4) is 0 Å². The zero-order valence-corrected chi connectivity index (χ0v) is 9.10. The summed E-state index contributed by atoms with van der Waals surface area (Å²) in [6.07, 6.45) is 0.903. The second-order valence-corrected chi connectivity index (χ2v) is 4.08. The fraction of sp³-hybridized carbons (Fsp3) is 0.417. The molecule has 1 aromatic rings. The molecule has 4 nitrogen and oxygen atoms in total. The molecule has 1 aromatic carbocycles. The van der Waals surface area contributed by atoms with E-state index in [1.807, 2.05) is 23.1 Å². The van der Waals surface area contributed by atoms with E-state index in [0.717, 1.165) is 18.5 Å². The monoisotopic (exact) mass is 220 g/mol. The number of amides is 1. The SMILES string of the molecule is NC(=O)CN1CCc2ccccc2C1CO. The first kappa shape index (κ1) is 11.1. The lowest BCUT2D eigenvalue weighted by Gasteiger charge is -2.35. The van der Waals surface area contributed by atoms with Gasteiger partial charge in [0.1, 0.15) is 0 Å². The standard InChI is InChI=1S/C12H16N2O2/c13-12(16)7-14-6-5-9-3-1-2-4-10(9)11(14)8-15/h1-4,11,15H,5-8H2,(H2,13,16). The van der Waals surface area contributed by atoms with Crippen LogP contribution in [0.2, 0.25) is 0 Å². The Labute approximate surface area is 94.7 Å². The number of hydrogen-bond acceptors (Lipinski definition) is 3. The van der Waals surface area contributed by atoms with Crippen molar-refractivity contribution in [2.75, 3.05) is 19.7 Å². The van der Waals surface area contributed by atoms with Gasteiger partial charge in [-0.1, -0.05) is 24.3 Å². The average Bonchev–Trinajstić information content (AvgIpc) is 2.28. The van der Waals surface area contributed by atoms with Crippen LogP contribution in [-0.2, 0) is 11.2 Å². The molecular formula is C12H16N2O2. The lowest BCUT2D eigenvalue weighted by Crippen LogP contribution is -2.42. The van der Waals surface area contributed by atoms with Gasteiger partial charge in [-0.15, -0.1) is 0 Å². The summed E-state index contributed by atoms with van der Waals surface area (Å²) in [7, 11) is 0. The van der Waals surface area contributed by atoms with E-state index >= 15 is 0 Å². The van der Waals surface area contributed by atoms with E-state index in [9.17, 15) is 9.90 Å². The van der Waals surface area contributed by atoms with Crippen molar-refractivity contribution in [2.45, 2.75) is 12.5 Å². The van der Waals surface area contributed by atoms with Crippen molar-refractivity contribution in [2.24, 2.45) is 5.73 Å². The number of primary amides is 1. The van der Waals surface area contributed by atoms with Crippen LogP contribution >= 0.6 is 0 Å². The minimum absolute atomic E-state index is 0.0181. The highest BCUT2D eigenvalue weighted by molar-refractivity contribution is 5.76. The molecule has 4 heteroatoms. The minimum Gasteiger partial charge on any atom is -0.394 e. The molecule has 0 aromatic heterocycles. The van der Waals surface area contributed by atoms with E-state index < -0.39 is 0 Å².